The number of carbonyl (C=O) groups is 2. The van der Waals surface area contributed by atoms with Gasteiger partial charge >= 0.3 is 12.3 Å². The van der Waals surface area contributed by atoms with Crippen LogP contribution in [-0.2, 0) is 37.3 Å². The van der Waals surface area contributed by atoms with E-state index in [4.69, 9.17) is 4.74 Å². The number of sulfonamides is 1. The molecule has 1 atom stereocenters. The van der Waals surface area contributed by atoms with Gasteiger partial charge in [0.15, 0.2) is 11.2 Å². The van der Waals surface area contributed by atoms with Crippen molar-refractivity contribution in [2.45, 2.75) is 57.5 Å². The molecule has 0 spiro atoms. The van der Waals surface area contributed by atoms with Gasteiger partial charge in [0.25, 0.3) is 0 Å². The van der Waals surface area contributed by atoms with Gasteiger partial charge in [0.2, 0.25) is 16.4 Å². The van der Waals surface area contributed by atoms with Crippen LogP contribution in [-0.4, -0.2) is 74.3 Å². The number of nitrogens with zero attached hydrogens (tertiary/aromatic N) is 3. The van der Waals surface area contributed by atoms with E-state index in [2.05, 4.69) is 46.2 Å². The first-order valence-corrected chi connectivity index (χ1v) is 16.7. The first-order valence-electron chi connectivity index (χ1n) is 14.5. The standard InChI is InChI=1S/C19H22F3N3O6S2.C11H15NO/c1-3-30-17(27)15(26)16-12(2)23-18(32-16)24-8-10-25(11-9-24)33(28,29)14-6-4-13(5-7-14)31-19(20,21)22;1-2-3-10-4-6-11(7-5-10)8-12-9-13/h4-7,15,26H,3,8-11H2,1-2H3;4-7,9H,2-3,8H2,1H3,(H,12,13). The number of nitrogens with one attached hydrogen (secondary N) is 1. The number of rotatable bonds is 12. The van der Waals surface area contributed by atoms with Gasteiger partial charge in [-0.1, -0.05) is 48.9 Å². The number of aryl methyl sites for hydroxylation is 2. The highest BCUT2D eigenvalue weighted by molar-refractivity contribution is 7.89. The van der Waals surface area contributed by atoms with Crippen LogP contribution in [0.5, 0.6) is 5.75 Å². The maximum atomic E-state index is 12.9. The molecule has 11 nitrogen and oxygen atoms in total. The molecule has 1 amide bonds. The Kier molecular flexibility index (Phi) is 13.4. The van der Waals surface area contributed by atoms with Crippen molar-refractivity contribution < 1.29 is 45.8 Å². The molecule has 4 rings (SSSR count). The Morgan fingerprint density at radius 2 is 1.67 bits per heavy atom. The monoisotopic (exact) mass is 686 g/mol. The minimum absolute atomic E-state index is 0.123. The van der Waals surface area contributed by atoms with Gasteiger partial charge in [-0.2, -0.15) is 4.31 Å². The molecule has 1 unspecified atom stereocenters. The third kappa shape index (κ3) is 10.4. The van der Waals surface area contributed by atoms with Crippen LogP contribution >= 0.6 is 11.3 Å². The average Bonchev–Trinajstić information content (AvgIpc) is 3.42. The number of esters is 1. The third-order valence-corrected chi connectivity index (χ3v) is 9.92. The Morgan fingerprint density at radius 3 is 2.22 bits per heavy atom. The fourth-order valence-corrected chi connectivity index (χ4v) is 6.98. The predicted octanol–water partition coefficient (Wildman–Crippen LogP) is 4.34. The zero-order chi connectivity index (χ0) is 33.9. The molecule has 2 aromatic carbocycles. The lowest BCUT2D eigenvalue weighted by Crippen LogP contribution is -2.48. The summed E-state index contributed by atoms with van der Waals surface area (Å²) in [5.41, 5.74) is 2.98. The molecule has 3 aromatic rings. The molecule has 252 valence electrons. The van der Waals surface area contributed by atoms with E-state index < -0.39 is 34.2 Å². The van der Waals surface area contributed by atoms with Crippen LogP contribution in [0.3, 0.4) is 0 Å². The van der Waals surface area contributed by atoms with Crippen molar-refractivity contribution in [2.75, 3.05) is 37.7 Å². The highest BCUT2D eigenvalue weighted by Crippen LogP contribution is 2.33. The summed E-state index contributed by atoms with van der Waals surface area (Å²) in [7, 11) is -3.91. The number of piperazine rings is 1. The first kappa shape index (κ1) is 36.7. The summed E-state index contributed by atoms with van der Waals surface area (Å²) < 4.78 is 72.4. The second kappa shape index (κ2) is 16.7. The molecule has 2 heterocycles. The molecular formula is C30H37F3N4O7S2. The number of thiazole rings is 1. The van der Waals surface area contributed by atoms with E-state index in [-0.39, 0.29) is 24.6 Å². The molecular weight excluding hydrogens is 649 g/mol. The van der Waals surface area contributed by atoms with Crippen molar-refractivity contribution in [3.8, 4) is 5.75 Å². The number of anilines is 1. The highest BCUT2D eigenvalue weighted by Gasteiger charge is 2.33. The summed E-state index contributed by atoms with van der Waals surface area (Å²) in [4.78, 5) is 28.3. The highest BCUT2D eigenvalue weighted by atomic mass is 32.2. The number of benzene rings is 2. The number of aliphatic hydroxyl groups excluding tert-OH is 1. The van der Waals surface area contributed by atoms with Crippen LogP contribution < -0.4 is 15.0 Å². The van der Waals surface area contributed by atoms with Crippen molar-refractivity contribution >= 4 is 38.9 Å². The number of ether oxygens (including phenoxy) is 2. The van der Waals surface area contributed by atoms with Crippen LogP contribution in [0.2, 0.25) is 0 Å². The van der Waals surface area contributed by atoms with Crippen LogP contribution in [0.15, 0.2) is 53.4 Å². The normalized spacial score (nSPS) is 14.5. The number of aliphatic hydroxyl groups is 1. The van der Waals surface area contributed by atoms with Crippen LogP contribution in [0.25, 0.3) is 0 Å². The molecule has 2 N–H and O–H groups in total. The molecule has 1 aliphatic heterocycles. The summed E-state index contributed by atoms with van der Waals surface area (Å²) in [6.45, 7) is 7.06. The minimum atomic E-state index is -4.86. The summed E-state index contributed by atoms with van der Waals surface area (Å²) in [6, 6.07) is 12.4. The number of halogens is 3. The van der Waals surface area contributed by atoms with Gasteiger partial charge in [0, 0.05) is 32.7 Å². The summed E-state index contributed by atoms with van der Waals surface area (Å²) in [5.74, 6) is -1.27. The van der Waals surface area contributed by atoms with Gasteiger partial charge in [-0.25, -0.2) is 18.2 Å². The predicted molar refractivity (Wildman–Crippen MR) is 166 cm³/mol. The van der Waals surface area contributed by atoms with E-state index in [9.17, 15) is 36.3 Å². The lowest BCUT2D eigenvalue weighted by atomic mass is 10.1. The topological polar surface area (TPSA) is 138 Å². The quantitative estimate of drug-likeness (QED) is 0.211. The fraction of sp³-hybridized carbons (Fsp3) is 0.433. The maximum absolute atomic E-state index is 12.9. The molecule has 1 fully saturated rings. The van der Waals surface area contributed by atoms with E-state index >= 15 is 0 Å². The number of carbonyl (C=O) groups excluding carboxylic acids is 2. The van der Waals surface area contributed by atoms with Gasteiger partial charge in [0.1, 0.15) is 5.75 Å². The van der Waals surface area contributed by atoms with Crippen LogP contribution in [0.1, 0.15) is 48.1 Å². The Labute approximate surface area is 270 Å². The summed E-state index contributed by atoms with van der Waals surface area (Å²) in [5, 5.41) is 13.4. The molecule has 1 aliphatic rings. The second-order valence-electron chi connectivity index (χ2n) is 10.1. The molecule has 46 heavy (non-hydrogen) atoms. The SMILES string of the molecule is CCCc1ccc(CNC=O)cc1.CCOC(=O)C(O)c1sc(N2CCN(S(=O)(=O)c3ccc(OC(F)(F)F)cc3)CC2)nc1C. The van der Waals surface area contributed by atoms with Gasteiger partial charge in [-0.15, -0.1) is 13.2 Å². The maximum Gasteiger partial charge on any atom is 0.573 e. The van der Waals surface area contributed by atoms with Crippen molar-refractivity contribution in [2.24, 2.45) is 0 Å². The number of alkyl halides is 3. The number of amides is 1. The zero-order valence-electron chi connectivity index (χ0n) is 25.6. The largest absolute Gasteiger partial charge is 0.573 e. The lowest BCUT2D eigenvalue weighted by Gasteiger charge is -2.33. The lowest BCUT2D eigenvalue weighted by molar-refractivity contribution is -0.274. The Hall–Kier alpha value is -3.73. The molecule has 1 saturated heterocycles. The average molecular weight is 687 g/mol. The van der Waals surface area contributed by atoms with E-state index in [0.29, 0.717) is 35.3 Å². The number of hydrogen-bond donors (Lipinski definition) is 2. The van der Waals surface area contributed by atoms with E-state index in [1.807, 2.05) is 4.90 Å². The first-order chi connectivity index (χ1) is 21.8. The summed E-state index contributed by atoms with van der Waals surface area (Å²) >= 11 is 1.13. The second-order valence-corrected chi connectivity index (χ2v) is 13.0. The fourth-order valence-electron chi connectivity index (χ4n) is 4.46. The van der Waals surface area contributed by atoms with Gasteiger partial charge in [0.05, 0.1) is 22.1 Å². The molecule has 1 aromatic heterocycles. The minimum Gasteiger partial charge on any atom is -0.464 e. The Balaban J connectivity index is 0.000000370. The van der Waals surface area contributed by atoms with Gasteiger partial charge in [-0.3, -0.25) is 4.79 Å². The van der Waals surface area contributed by atoms with Gasteiger partial charge in [-0.05, 0) is 55.7 Å². The van der Waals surface area contributed by atoms with Crippen molar-refractivity contribution in [1.29, 1.82) is 0 Å². The smallest absolute Gasteiger partial charge is 0.464 e. The molecule has 0 aliphatic carbocycles. The van der Waals surface area contributed by atoms with E-state index in [1.54, 1.807) is 13.8 Å². The molecule has 0 bridgehead atoms. The zero-order valence-corrected chi connectivity index (χ0v) is 27.3. The molecule has 0 radical (unpaired) electrons. The van der Waals surface area contributed by atoms with Crippen molar-refractivity contribution in [3.05, 3.63) is 70.2 Å². The van der Waals surface area contributed by atoms with Crippen LogP contribution in [0.4, 0.5) is 18.3 Å². The van der Waals surface area contributed by atoms with Crippen molar-refractivity contribution in [3.63, 3.8) is 0 Å². The van der Waals surface area contributed by atoms with E-state index in [0.717, 1.165) is 54.0 Å². The molecule has 0 saturated carbocycles. The van der Waals surface area contributed by atoms with Crippen molar-refractivity contribution in [1.82, 2.24) is 14.6 Å². The van der Waals surface area contributed by atoms with E-state index in [1.165, 1.54) is 16.3 Å². The molecule has 16 heteroatoms. The van der Waals surface area contributed by atoms with Gasteiger partial charge < -0.3 is 24.8 Å². The summed E-state index contributed by atoms with van der Waals surface area (Å²) in [6.07, 6.45) is -3.29. The third-order valence-electron chi connectivity index (χ3n) is 6.73. The number of hydrogen-bond acceptors (Lipinski definition) is 10. The Bertz CT molecular complexity index is 1530. The Morgan fingerprint density at radius 1 is 1.07 bits per heavy atom. The van der Waals surface area contributed by atoms with Crippen LogP contribution in [0, 0.1) is 6.92 Å². The number of aromatic nitrogens is 1.